The van der Waals surface area contributed by atoms with Crippen LogP contribution in [0.1, 0.15) is 63.9 Å². The summed E-state index contributed by atoms with van der Waals surface area (Å²) in [5.74, 6) is 1.43. The minimum Gasteiger partial charge on any atom is -0.356 e. The molecule has 0 aromatic heterocycles. The van der Waals surface area contributed by atoms with Gasteiger partial charge in [0.05, 0.1) is 0 Å². The fraction of sp³-hybridized carbons (Fsp3) is 0.682. The molecule has 0 atom stereocenters. The van der Waals surface area contributed by atoms with Gasteiger partial charge >= 0.3 is 0 Å². The van der Waals surface area contributed by atoms with Gasteiger partial charge in [0, 0.05) is 19.0 Å². The molecule has 0 heterocycles. The Morgan fingerprint density at radius 3 is 2.52 bits per heavy atom. The Morgan fingerprint density at radius 2 is 1.84 bits per heavy atom. The molecule has 0 aliphatic heterocycles. The third kappa shape index (κ3) is 7.60. The van der Waals surface area contributed by atoms with Crippen molar-refractivity contribution in [3.05, 3.63) is 35.9 Å². The summed E-state index contributed by atoms with van der Waals surface area (Å²) in [5, 5.41) is 3.16. The molecule has 1 aliphatic rings. The van der Waals surface area contributed by atoms with Gasteiger partial charge in [-0.25, -0.2) is 0 Å². The standard InChI is InChI=1S/C22H36N2O/c1-3-4-9-19-12-14-21(15-13-19)22(25)23-16-8-17-24(2)18-20-10-6-5-7-11-20/h5-7,10-11,19,21H,3-4,8-9,12-18H2,1-2H3,(H,23,25). The van der Waals surface area contributed by atoms with E-state index in [9.17, 15) is 4.79 Å². The molecule has 1 N–H and O–H groups in total. The van der Waals surface area contributed by atoms with Gasteiger partial charge in [0.15, 0.2) is 0 Å². The number of carbonyl (C=O) groups is 1. The van der Waals surface area contributed by atoms with Crippen LogP contribution in [-0.2, 0) is 11.3 Å². The predicted molar refractivity (Wildman–Crippen MR) is 105 cm³/mol. The lowest BCUT2D eigenvalue weighted by Gasteiger charge is -2.27. The first kappa shape index (κ1) is 20.0. The van der Waals surface area contributed by atoms with Crippen LogP contribution >= 0.6 is 0 Å². The van der Waals surface area contributed by atoms with Crippen LogP contribution in [0.4, 0.5) is 0 Å². The molecule has 1 aliphatic carbocycles. The van der Waals surface area contributed by atoms with Crippen molar-refractivity contribution < 1.29 is 4.79 Å². The van der Waals surface area contributed by atoms with Crippen molar-refractivity contribution in [2.75, 3.05) is 20.1 Å². The Balaban J connectivity index is 1.55. The number of hydrogen-bond acceptors (Lipinski definition) is 2. The van der Waals surface area contributed by atoms with Crippen LogP contribution in [0.5, 0.6) is 0 Å². The summed E-state index contributed by atoms with van der Waals surface area (Å²) in [6, 6.07) is 10.5. The Bertz CT molecular complexity index is 480. The quantitative estimate of drug-likeness (QED) is 0.628. The van der Waals surface area contributed by atoms with Crippen molar-refractivity contribution in [2.45, 2.75) is 64.8 Å². The van der Waals surface area contributed by atoms with Crippen LogP contribution in [0.15, 0.2) is 30.3 Å². The summed E-state index contributed by atoms with van der Waals surface area (Å²) in [6.07, 6.45) is 9.69. The summed E-state index contributed by atoms with van der Waals surface area (Å²) < 4.78 is 0. The molecular weight excluding hydrogens is 308 g/mol. The molecule has 0 spiro atoms. The maximum absolute atomic E-state index is 12.3. The Kier molecular flexibility index (Phi) is 9.03. The molecule has 1 aromatic rings. The first-order valence-corrected chi connectivity index (χ1v) is 10.2. The molecule has 0 unspecified atom stereocenters. The molecule has 0 radical (unpaired) electrons. The lowest BCUT2D eigenvalue weighted by Crippen LogP contribution is -2.34. The van der Waals surface area contributed by atoms with Gasteiger partial charge in [0.25, 0.3) is 0 Å². The fourth-order valence-electron chi connectivity index (χ4n) is 3.89. The van der Waals surface area contributed by atoms with E-state index in [1.807, 2.05) is 0 Å². The number of rotatable bonds is 10. The molecule has 0 bridgehead atoms. The minimum absolute atomic E-state index is 0.264. The molecule has 1 aromatic carbocycles. The zero-order chi connectivity index (χ0) is 17.9. The summed E-state index contributed by atoms with van der Waals surface area (Å²) in [5.41, 5.74) is 1.34. The number of nitrogens with zero attached hydrogens (tertiary/aromatic N) is 1. The van der Waals surface area contributed by atoms with Crippen LogP contribution in [0.25, 0.3) is 0 Å². The number of hydrogen-bond donors (Lipinski definition) is 1. The highest BCUT2D eigenvalue weighted by Crippen LogP contribution is 2.31. The van der Waals surface area contributed by atoms with Crippen molar-refractivity contribution in [2.24, 2.45) is 11.8 Å². The monoisotopic (exact) mass is 344 g/mol. The number of nitrogens with one attached hydrogen (secondary N) is 1. The second-order valence-corrected chi connectivity index (χ2v) is 7.73. The predicted octanol–water partition coefficient (Wildman–Crippen LogP) is 4.62. The number of benzene rings is 1. The minimum atomic E-state index is 0.264. The zero-order valence-electron chi connectivity index (χ0n) is 16.2. The summed E-state index contributed by atoms with van der Waals surface area (Å²) >= 11 is 0. The van der Waals surface area contributed by atoms with Gasteiger partial charge in [-0.15, -0.1) is 0 Å². The van der Waals surface area contributed by atoms with Gasteiger partial charge in [0.2, 0.25) is 5.91 Å². The molecule has 3 nitrogen and oxygen atoms in total. The van der Waals surface area contributed by atoms with Gasteiger partial charge in [-0.05, 0) is 57.2 Å². The normalized spacial score (nSPS) is 20.6. The maximum atomic E-state index is 12.3. The molecule has 1 saturated carbocycles. The highest BCUT2D eigenvalue weighted by molar-refractivity contribution is 5.78. The second-order valence-electron chi connectivity index (χ2n) is 7.73. The van der Waals surface area contributed by atoms with Crippen LogP contribution < -0.4 is 5.32 Å². The van der Waals surface area contributed by atoms with Gasteiger partial charge in [-0.1, -0.05) is 56.5 Å². The SMILES string of the molecule is CCCCC1CCC(C(=O)NCCCN(C)Cc2ccccc2)CC1. The van der Waals surface area contributed by atoms with Crippen LogP contribution in [-0.4, -0.2) is 30.9 Å². The lowest BCUT2D eigenvalue weighted by molar-refractivity contribution is -0.126. The van der Waals surface area contributed by atoms with E-state index in [-0.39, 0.29) is 5.92 Å². The van der Waals surface area contributed by atoms with Gasteiger partial charge in [-0.3, -0.25) is 4.79 Å². The first-order chi connectivity index (χ1) is 12.2. The van der Waals surface area contributed by atoms with Gasteiger partial charge in [-0.2, -0.15) is 0 Å². The Morgan fingerprint density at radius 1 is 1.12 bits per heavy atom. The third-order valence-electron chi connectivity index (χ3n) is 5.49. The summed E-state index contributed by atoms with van der Waals surface area (Å²) in [7, 11) is 2.15. The molecule has 25 heavy (non-hydrogen) atoms. The highest BCUT2D eigenvalue weighted by Gasteiger charge is 2.25. The Hall–Kier alpha value is -1.35. The third-order valence-corrected chi connectivity index (χ3v) is 5.49. The van der Waals surface area contributed by atoms with E-state index in [4.69, 9.17) is 0 Å². The van der Waals surface area contributed by atoms with E-state index in [2.05, 4.69) is 54.5 Å². The topological polar surface area (TPSA) is 32.3 Å². The number of carbonyl (C=O) groups excluding carboxylic acids is 1. The highest BCUT2D eigenvalue weighted by atomic mass is 16.1. The van der Waals surface area contributed by atoms with Crippen LogP contribution in [0, 0.1) is 11.8 Å². The largest absolute Gasteiger partial charge is 0.356 e. The molecule has 3 heteroatoms. The van der Waals surface area contributed by atoms with Crippen molar-refractivity contribution >= 4 is 5.91 Å². The number of unbranched alkanes of at least 4 members (excludes halogenated alkanes) is 1. The zero-order valence-corrected chi connectivity index (χ0v) is 16.2. The van der Waals surface area contributed by atoms with Crippen LogP contribution in [0.2, 0.25) is 0 Å². The van der Waals surface area contributed by atoms with E-state index in [0.717, 1.165) is 44.8 Å². The smallest absolute Gasteiger partial charge is 0.223 e. The van der Waals surface area contributed by atoms with Crippen molar-refractivity contribution in [3.63, 3.8) is 0 Å². The van der Waals surface area contributed by atoms with Crippen molar-refractivity contribution in [1.29, 1.82) is 0 Å². The van der Waals surface area contributed by atoms with Crippen molar-refractivity contribution in [1.82, 2.24) is 10.2 Å². The summed E-state index contributed by atoms with van der Waals surface area (Å²) in [4.78, 5) is 14.6. The Labute approximate surface area is 154 Å². The van der Waals surface area contributed by atoms with Gasteiger partial charge < -0.3 is 10.2 Å². The van der Waals surface area contributed by atoms with Crippen molar-refractivity contribution in [3.8, 4) is 0 Å². The maximum Gasteiger partial charge on any atom is 0.223 e. The van der Waals surface area contributed by atoms with Crippen LogP contribution in [0.3, 0.4) is 0 Å². The lowest BCUT2D eigenvalue weighted by atomic mass is 9.79. The van der Waals surface area contributed by atoms with E-state index in [1.165, 1.54) is 37.7 Å². The summed E-state index contributed by atoms with van der Waals surface area (Å²) in [6.45, 7) is 5.04. The molecule has 2 rings (SSSR count). The average Bonchev–Trinajstić information content (AvgIpc) is 2.64. The molecular formula is C22H36N2O. The van der Waals surface area contributed by atoms with E-state index < -0.39 is 0 Å². The van der Waals surface area contributed by atoms with E-state index >= 15 is 0 Å². The molecule has 0 saturated heterocycles. The average molecular weight is 345 g/mol. The second kappa shape index (κ2) is 11.3. The van der Waals surface area contributed by atoms with E-state index in [1.54, 1.807) is 0 Å². The fourth-order valence-corrected chi connectivity index (χ4v) is 3.89. The molecule has 1 fully saturated rings. The van der Waals surface area contributed by atoms with Gasteiger partial charge in [0.1, 0.15) is 0 Å². The first-order valence-electron chi connectivity index (χ1n) is 10.2. The molecule has 1 amide bonds. The molecule has 140 valence electrons. The van der Waals surface area contributed by atoms with E-state index in [0.29, 0.717) is 5.91 Å². The number of amides is 1.